The molecule has 3 rings (SSSR count). The molecule has 2 fully saturated rings. The quantitative estimate of drug-likeness (QED) is 0.788. The highest BCUT2D eigenvalue weighted by Gasteiger charge is 2.53. The molecule has 1 unspecified atom stereocenters. The van der Waals surface area contributed by atoms with E-state index in [1.54, 1.807) is 0 Å². The molecule has 0 spiro atoms. The molecule has 0 radical (unpaired) electrons. The van der Waals surface area contributed by atoms with Crippen molar-refractivity contribution in [3.8, 4) is 0 Å². The number of aromatic nitrogens is 2. The molecule has 1 aromatic rings. The average molecular weight is 306 g/mol. The Kier molecular flexibility index (Phi) is 3.90. The zero-order valence-electron chi connectivity index (χ0n) is 14.6. The van der Waals surface area contributed by atoms with Gasteiger partial charge in [-0.15, -0.1) is 0 Å². The molecule has 2 aliphatic rings. The van der Waals surface area contributed by atoms with Crippen LogP contribution < -0.4 is 5.59 Å². The van der Waals surface area contributed by atoms with Gasteiger partial charge in [0.2, 0.25) is 0 Å². The molecule has 22 heavy (non-hydrogen) atoms. The molecule has 122 valence electrons. The molecule has 0 saturated carbocycles. The third-order valence-corrected chi connectivity index (χ3v) is 5.39. The summed E-state index contributed by atoms with van der Waals surface area (Å²) in [4.78, 5) is 0. The van der Waals surface area contributed by atoms with Crippen LogP contribution in [0.1, 0.15) is 64.4 Å². The summed E-state index contributed by atoms with van der Waals surface area (Å²) in [5.74, 6) is 0. The molecule has 0 aromatic carbocycles. The van der Waals surface area contributed by atoms with E-state index in [1.807, 2.05) is 4.68 Å². The lowest BCUT2D eigenvalue weighted by atomic mass is 9.82. The van der Waals surface area contributed by atoms with Gasteiger partial charge in [-0.1, -0.05) is 0 Å². The summed E-state index contributed by atoms with van der Waals surface area (Å²) in [5.41, 5.74) is 2.46. The van der Waals surface area contributed by atoms with Crippen LogP contribution in [0.25, 0.3) is 0 Å². The van der Waals surface area contributed by atoms with Crippen LogP contribution in [-0.4, -0.2) is 34.7 Å². The predicted octanol–water partition coefficient (Wildman–Crippen LogP) is 2.50. The van der Waals surface area contributed by atoms with E-state index in [0.717, 1.165) is 36.3 Å². The topological polar surface area (TPSA) is 45.5 Å². The van der Waals surface area contributed by atoms with Crippen LogP contribution in [0.3, 0.4) is 0 Å². The van der Waals surface area contributed by atoms with Crippen LogP contribution in [0.15, 0.2) is 0 Å². The van der Waals surface area contributed by atoms with Gasteiger partial charge in [0, 0.05) is 12.3 Å². The van der Waals surface area contributed by atoms with Crippen LogP contribution in [0.5, 0.6) is 0 Å². The maximum Gasteiger partial charge on any atom is 0.516 e. The molecule has 0 N–H and O–H groups in total. The Morgan fingerprint density at radius 1 is 1.09 bits per heavy atom. The summed E-state index contributed by atoms with van der Waals surface area (Å²) in [6.45, 7) is 13.3. The molecule has 0 amide bonds. The molecular formula is C16H27BN2O3. The number of ether oxygens (including phenoxy) is 1. The highest BCUT2D eigenvalue weighted by atomic mass is 16.7. The number of hydrogen-bond donors (Lipinski definition) is 0. The van der Waals surface area contributed by atoms with Crippen molar-refractivity contribution in [1.29, 1.82) is 0 Å². The summed E-state index contributed by atoms with van der Waals surface area (Å²) in [5, 5.41) is 4.79. The minimum Gasteiger partial charge on any atom is -0.398 e. The largest absolute Gasteiger partial charge is 0.516 e. The molecule has 2 aliphatic heterocycles. The molecule has 1 atom stereocenters. The molecule has 0 aliphatic carbocycles. The van der Waals surface area contributed by atoms with Crippen molar-refractivity contribution in [2.24, 2.45) is 0 Å². The number of hydrogen-bond acceptors (Lipinski definition) is 4. The summed E-state index contributed by atoms with van der Waals surface area (Å²) in [7, 11) is -0.409. The Labute approximate surface area is 133 Å². The van der Waals surface area contributed by atoms with E-state index in [4.69, 9.17) is 19.1 Å². The summed E-state index contributed by atoms with van der Waals surface area (Å²) in [6, 6.07) is 0. The van der Waals surface area contributed by atoms with Crippen molar-refractivity contribution in [2.45, 2.75) is 78.2 Å². The fraction of sp³-hybridized carbons (Fsp3) is 0.812. The van der Waals surface area contributed by atoms with Crippen LogP contribution in [0, 0.1) is 13.8 Å². The van der Waals surface area contributed by atoms with Crippen LogP contribution in [0.2, 0.25) is 0 Å². The summed E-state index contributed by atoms with van der Waals surface area (Å²) >= 11 is 0. The first-order valence-electron chi connectivity index (χ1n) is 8.26. The third kappa shape index (κ3) is 2.51. The fourth-order valence-electron chi connectivity index (χ4n) is 3.00. The minimum atomic E-state index is -0.409. The highest BCUT2D eigenvalue weighted by Crippen LogP contribution is 2.37. The Morgan fingerprint density at radius 3 is 2.27 bits per heavy atom. The van der Waals surface area contributed by atoms with E-state index in [0.29, 0.717) is 0 Å². The zero-order chi connectivity index (χ0) is 16.1. The van der Waals surface area contributed by atoms with Gasteiger partial charge in [0.05, 0.1) is 16.8 Å². The molecule has 2 saturated heterocycles. The number of rotatable bonds is 2. The fourth-order valence-corrected chi connectivity index (χ4v) is 3.00. The zero-order valence-corrected chi connectivity index (χ0v) is 14.6. The smallest absolute Gasteiger partial charge is 0.398 e. The second kappa shape index (κ2) is 5.36. The van der Waals surface area contributed by atoms with Gasteiger partial charge in [-0.25, -0.2) is 4.68 Å². The maximum atomic E-state index is 6.15. The van der Waals surface area contributed by atoms with Crippen molar-refractivity contribution in [3.63, 3.8) is 0 Å². The summed E-state index contributed by atoms with van der Waals surface area (Å²) in [6.07, 6.45) is 3.39. The van der Waals surface area contributed by atoms with Crippen molar-refractivity contribution < 1.29 is 14.0 Å². The summed E-state index contributed by atoms with van der Waals surface area (Å²) < 4.78 is 20.2. The SMILES string of the molecule is Cc1c(B2OC(C)(C)C(C)(C)O2)nn(C2CCCCO2)c1C. The molecule has 0 bridgehead atoms. The molecule has 3 heterocycles. The minimum absolute atomic E-state index is 0.0450. The Hall–Kier alpha value is -0.845. The van der Waals surface area contributed by atoms with E-state index >= 15 is 0 Å². The molecule has 6 heteroatoms. The first-order valence-corrected chi connectivity index (χ1v) is 8.26. The van der Waals surface area contributed by atoms with Crippen LogP contribution >= 0.6 is 0 Å². The monoisotopic (exact) mass is 306 g/mol. The van der Waals surface area contributed by atoms with Gasteiger partial charge in [0.15, 0.2) is 0 Å². The van der Waals surface area contributed by atoms with Gasteiger partial charge in [0.1, 0.15) is 6.23 Å². The van der Waals surface area contributed by atoms with Crippen molar-refractivity contribution in [3.05, 3.63) is 11.3 Å². The van der Waals surface area contributed by atoms with Crippen molar-refractivity contribution >= 4 is 12.7 Å². The van der Waals surface area contributed by atoms with E-state index in [9.17, 15) is 0 Å². The average Bonchev–Trinajstić information content (AvgIpc) is 2.86. The van der Waals surface area contributed by atoms with Crippen LogP contribution in [-0.2, 0) is 14.0 Å². The number of nitrogens with zero attached hydrogens (tertiary/aromatic N) is 2. The molecular weight excluding hydrogens is 279 g/mol. The van der Waals surface area contributed by atoms with Crippen molar-refractivity contribution in [2.75, 3.05) is 6.61 Å². The molecule has 1 aromatic heterocycles. The highest BCUT2D eigenvalue weighted by molar-refractivity contribution is 6.61. The van der Waals surface area contributed by atoms with E-state index in [-0.39, 0.29) is 17.4 Å². The predicted molar refractivity (Wildman–Crippen MR) is 86.3 cm³/mol. The first kappa shape index (κ1) is 16.0. The Balaban J connectivity index is 1.89. The van der Waals surface area contributed by atoms with Crippen molar-refractivity contribution in [1.82, 2.24) is 9.78 Å². The molecule has 5 nitrogen and oxygen atoms in total. The first-order chi connectivity index (χ1) is 10.2. The Bertz CT molecular complexity index is 546. The second-order valence-corrected chi connectivity index (χ2v) is 7.45. The maximum absolute atomic E-state index is 6.15. The van der Waals surface area contributed by atoms with Gasteiger partial charge < -0.3 is 14.0 Å². The van der Waals surface area contributed by atoms with Gasteiger partial charge in [-0.05, 0) is 66.4 Å². The van der Waals surface area contributed by atoms with Gasteiger partial charge in [0.25, 0.3) is 0 Å². The van der Waals surface area contributed by atoms with E-state index in [2.05, 4.69) is 41.5 Å². The van der Waals surface area contributed by atoms with E-state index < -0.39 is 7.12 Å². The van der Waals surface area contributed by atoms with Gasteiger partial charge in [-0.2, -0.15) is 5.10 Å². The van der Waals surface area contributed by atoms with Gasteiger partial charge >= 0.3 is 7.12 Å². The lowest BCUT2D eigenvalue weighted by Crippen LogP contribution is -2.41. The second-order valence-electron chi connectivity index (χ2n) is 7.45. The lowest BCUT2D eigenvalue weighted by molar-refractivity contribution is -0.0405. The standard InChI is InChI=1S/C16H27BN2O3/c1-11-12(2)19(13-9-7-8-10-20-13)18-14(11)17-21-15(3,4)16(5,6)22-17/h13H,7-10H2,1-6H3. The van der Waals surface area contributed by atoms with Gasteiger partial charge in [-0.3, -0.25) is 0 Å². The lowest BCUT2D eigenvalue weighted by Gasteiger charge is -2.32. The normalized spacial score (nSPS) is 27.4. The Morgan fingerprint density at radius 2 is 1.73 bits per heavy atom. The van der Waals surface area contributed by atoms with Crippen LogP contribution in [0.4, 0.5) is 0 Å². The van der Waals surface area contributed by atoms with E-state index in [1.165, 1.54) is 6.42 Å². The third-order valence-electron chi connectivity index (χ3n) is 5.39.